The average Bonchev–Trinajstić information content (AvgIpc) is 1.99. The van der Waals surface area contributed by atoms with Gasteiger partial charge < -0.3 is 10.2 Å². The SMILES string of the molecule is C[N+](C)(CC=CC(N)=O)CCCS(=O)(=O)O. The van der Waals surface area contributed by atoms with E-state index in [1.807, 2.05) is 14.1 Å². The van der Waals surface area contributed by atoms with Crippen LogP contribution in [-0.4, -0.2) is 56.3 Å². The van der Waals surface area contributed by atoms with Crippen LogP contribution in [0, 0.1) is 0 Å². The summed E-state index contributed by atoms with van der Waals surface area (Å²) < 4.78 is 30.1. The molecule has 3 N–H and O–H groups in total. The predicted octanol–water partition coefficient (Wildman–Crippen LogP) is -0.618. The van der Waals surface area contributed by atoms with Crippen molar-refractivity contribution >= 4 is 16.0 Å². The summed E-state index contributed by atoms with van der Waals surface area (Å²) in [6.45, 7) is 1.16. The van der Waals surface area contributed by atoms with Crippen molar-refractivity contribution in [3.63, 3.8) is 0 Å². The zero-order chi connectivity index (χ0) is 12.8. The van der Waals surface area contributed by atoms with Gasteiger partial charge in [0, 0.05) is 12.5 Å². The van der Waals surface area contributed by atoms with Crippen molar-refractivity contribution < 1.29 is 22.2 Å². The maximum Gasteiger partial charge on any atom is 0.265 e. The van der Waals surface area contributed by atoms with E-state index in [0.717, 1.165) is 0 Å². The van der Waals surface area contributed by atoms with E-state index in [1.54, 1.807) is 6.08 Å². The smallest absolute Gasteiger partial charge is 0.265 e. The van der Waals surface area contributed by atoms with E-state index >= 15 is 0 Å². The molecule has 0 aromatic rings. The number of hydrogen-bond acceptors (Lipinski definition) is 3. The molecule has 0 saturated carbocycles. The second-order valence-corrected chi connectivity index (χ2v) is 5.86. The molecule has 0 aliphatic heterocycles. The van der Waals surface area contributed by atoms with Crippen molar-refractivity contribution in [2.24, 2.45) is 5.73 Å². The number of hydrogen-bond donors (Lipinski definition) is 2. The lowest BCUT2D eigenvalue weighted by molar-refractivity contribution is -0.884. The fourth-order valence-corrected chi connectivity index (χ4v) is 1.71. The van der Waals surface area contributed by atoms with Gasteiger partial charge in [-0.15, -0.1) is 0 Å². The van der Waals surface area contributed by atoms with Crippen molar-refractivity contribution in [1.82, 2.24) is 0 Å². The summed E-state index contributed by atoms with van der Waals surface area (Å²) in [5.74, 6) is -0.744. The molecule has 0 aromatic heterocycles. The molecular formula is C9H19N2O4S+. The van der Waals surface area contributed by atoms with Gasteiger partial charge in [0.25, 0.3) is 10.1 Å². The van der Waals surface area contributed by atoms with Gasteiger partial charge >= 0.3 is 0 Å². The highest BCUT2D eigenvalue weighted by molar-refractivity contribution is 7.85. The molecular weight excluding hydrogens is 232 g/mol. The Balaban J connectivity index is 4.01. The highest BCUT2D eigenvalue weighted by atomic mass is 32.2. The molecule has 0 spiro atoms. The van der Waals surface area contributed by atoms with Crippen molar-refractivity contribution in [3.8, 4) is 0 Å². The highest BCUT2D eigenvalue weighted by Gasteiger charge is 2.14. The molecule has 0 saturated heterocycles. The molecule has 0 aliphatic carbocycles. The van der Waals surface area contributed by atoms with Crippen molar-refractivity contribution in [3.05, 3.63) is 12.2 Å². The lowest BCUT2D eigenvalue weighted by Gasteiger charge is -2.28. The van der Waals surface area contributed by atoms with E-state index in [1.165, 1.54) is 6.08 Å². The third-order valence-corrected chi connectivity index (χ3v) is 2.85. The quantitative estimate of drug-likeness (QED) is 0.358. The molecule has 0 aliphatic rings. The number of quaternary nitrogens is 1. The molecule has 0 bridgehead atoms. The van der Waals surface area contributed by atoms with Crippen LogP contribution in [0.2, 0.25) is 0 Å². The Hall–Kier alpha value is -0.920. The first-order valence-electron chi connectivity index (χ1n) is 4.85. The van der Waals surface area contributed by atoms with Gasteiger partial charge in [-0.05, 0) is 6.08 Å². The number of likely N-dealkylation sites (N-methyl/N-ethyl adjacent to an activating group) is 1. The van der Waals surface area contributed by atoms with E-state index < -0.39 is 16.0 Å². The van der Waals surface area contributed by atoms with Crippen LogP contribution in [-0.2, 0) is 14.9 Å². The zero-order valence-electron chi connectivity index (χ0n) is 9.59. The Labute approximate surface area is 96.1 Å². The fourth-order valence-electron chi connectivity index (χ4n) is 1.22. The molecule has 7 heteroatoms. The number of carbonyl (C=O) groups excluding carboxylic acids is 1. The third kappa shape index (κ3) is 9.63. The monoisotopic (exact) mass is 251 g/mol. The molecule has 94 valence electrons. The van der Waals surface area contributed by atoms with Crippen LogP contribution in [0.3, 0.4) is 0 Å². The summed E-state index contributed by atoms with van der Waals surface area (Å²) >= 11 is 0. The Morgan fingerprint density at radius 1 is 1.44 bits per heavy atom. The topological polar surface area (TPSA) is 97.5 Å². The highest BCUT2D eigenvalue weighted by Crippen LogP contribution is 2.01. The number of carbonyl (C=O) groups is 1. The maximum atomic E-state index is 10.5. The van der Waals surface area contributed by atoms with E-state index in [4.69, 9.17) is 10.3 Å². The largest absolute Gasteiger partial charge is 0.366 e. The van der Waals surface area contributed by atoms with Gasteiger partial charge in [-0.25, -0.2) is 0 Å². The Morgan fingerprint density at radius 3 is 2.44 bits per heavy atom. The van der Waals surface area contributed by atoms with Crippen molar-refractivity contribution in [1.29, 1.82) is 0 Å². The van der Waals surface area contributed by atoms with Crippen molar-refractivity contribution in [2.45, 2.75) is 6.42 Å². The minimum absolute atomic E-state index is 0.242. The maximum absolute atomic E-state index is 10.5. The molecule has 6 nitrogen and oxygen atoms in total. The molecule has 0 radical (unpaired) electrons. The fraction of sp³-hybridized carbons (Fsp3) is 0.667. The number of nitrogens with zero attached hydrogens (tertiary/aromatic N) is 1. The van der Waals surface area contributed by atoms with Crippen LogP contribution in [0.4, 0.5) is 0 Å². The Kier molecular flexibility index (Phi) is 5.63. The van der Waals surface area contributed by atoms with E-state index in [9.17, 15) is 13.2 Å². The third-order valence-electron chi connectivity index (χ3n) is 2.05. The van der Waals surface area contributed by atoms with Gasteiger partial charge in [0.1, 0.15) is 0 Å². The van der Waals surface area contributed by atoms with Crippen LogP contribution in [0.25, 0.3) is 0 Å². The molecule has 16 heavy (non-hydrogen) atoms. The molecule has 0 fully saturated rings. The van der Waals surface area contributed by atoms with Crippen LogP contribution < -0.4 is 5.73 Å². The molecule has 1 amide bonds. The first kappa shape index (κ1) is 15.1. The van der Waals surface area contributed by atoms with Crippen LogP contribution in [0.15, 0.2) is 12.2 Å². The zero-order valence-corrected chi connectivity index (χ0v) is 10.4. The molecule has 0 rings (SSSR count). The number of nitrogens with two attached hydrogens (primary N) is 1. The first-order chi connectivity index (χ1) is 7.12. The van der Waals surface area contributed by atoms with E-state index in [-0.39, 0.29) is 5.75 Å². The van der Waals surface area contributed by atoms with E-state index in [0.29, 0.717) is 24.0 Å². The normalized spacial score (nSPS) is 13.2. The lowest BCUT2D eigenvalue weighted by atomic mass is 10.3. The second-order valence-electron chi connectivity index (χ2n) is 4.29. The minimum Gasteiger partial charge on any atom is -0.366 e. The number of primary amides is 1. The molecule has 0 atom stereocenters. The van der Waals surface area contributed by atoms with Gasteiger partial charge in [-0.1, -0.05) is 0 Å². The standard InChI is InChI=1S/C9H18N2O4S/c1-11(2,6-3-5-9(10)12)7-4-8-16(13,14)15/h3,5H,4,6-8H2,1-2H3,(H2-,10,12,13,14,15)/p+1. The summed E-state index contributed by atoms with van der Waals surface area (Å²) in [7, 11) is -0.0863. The lowest BCUT2D eigenvalue weighted by Crippen LogP contribution is -2.41. The van der Waals surface area contributed by atoms with Crippen molar-refractivity contribution in [2.75, 3.05) is 32.9 Å². The average molecular weight is 251 g/mol. The van der Waals surface area contributed by atoms with Gasteiger partial charge in [-0.3, -0.25) is 9.35 Å². The van der Waals surface area contributed by atoms with E-state index in [2.05, 4.69) is 0 Å². The summed E-state index contributed by atoms with van der Waals surface area (Å²) in [5.41, 5.74) is 4.93. The minimum atomic E-state index is -3.88. The summed E-state index contributed by atoms with van der Waals surface area (Å²) in [6.07, 6.45) is 3.30. The van der Waals surface area contributed by atoms with Gasteiger partial charge in [0.15, 0.2) is 0 Å². The Bertz CT molecular complexity index is 360. The number of amides is 1. The molecule has 0 heterocycles. The molecule has 0 aromatic carbocycles. The van der Waals surface area contributed by atoms with Crippen LogP contribution in [0.1, 0.15) is 6.42 Å². The summed E-state index contributed by atoms with van der Waals surface area (Å²) in [4.78, 5) is 10.4. The molecule has 0 unspecified atom stereocenters. The second kappa shape index (κ2) is 5.97. The first-order valence-corrected chi connectivity index (χ1v) is 6.46. The van der Waals surface area contributed by atoms with Gasteiger partial charge in [0.2, 0.25) is 5.91 Å². The summed E-state index contributed by atoms with van der Waals surface area (Å²) in [6, 6.07) is 0. The Morgan fingerprint density at radius 2 is 2.00 bits per heavy atom. The summed E-state index contributed by atoms with van der Waals surface area (Å²) in [5, 5.41) is 0. The van der Waals surface area contributed by atoms with Gasteiger partial charge in [0.05, 0.1) is 32.9 Å². The predicted molar refractivity (Wildman–Crippen MR) is 61.2 cm³/mol. The van der Waals surface area contributed by atoms with Gasteiger partial charge in [-0.2, -0.15) is 8.42 Å². The van der Waals surface area contributed by atoms with Crippen LogP contribution >= 0.6 is 0 Å². The van der Waals surface area contributed by atoms with Crippen LogP contribution in [0.5, 0.6) is 0 Å². The number of rotatable bonds is 7.